The number of nitro groups is 1. The Bertz CT molecular complexity index is 450. The van der Waals surface area contributed by atoms with Crippen molar-refractivity contribution in [3.8, 4) is 0 Å². The molecule has 1 N–H and O–H groups in total. The molecule has 1 aliphatic rings. The zero-order valence-corrected chi connectivity index (χ0v) is 10.9. The third-order valence-electron chi connectivity index (χ3n) is 3.06. The molecule has 2 heterocycles. The molecule has 2 unspecified atom stereocenters. The Kier molecular flexibility index (Phi) is 3.91. The van der Waals surface area contributed by atoms with Crippen LogP contribution in [-0.2, 0) is 0 Å². The van der Waals surface area contributed by atoms with Crippen molar-refractivity contribution in [1.82, 2.24) is 14.9 Å². The molecule has 2 rings (SSSR count). The average molecular weight is 267 g/mol. The molecule has 0 bridgehead atoms. The van der Waals surface area contributed by atoms with Gasteiger partial charge in [-0.15, -0.1) is 0 Å². The molecule has 0 radical (unpaired) electrons. The Morgan fingerprint density at radius 1 is 1.53 bits per heavy atom. The molecule has 0 aliphatic carbocycles. The molecule has 1 aliphatic heterocycles. The highest BCUT2D eigenvalue weighted by Gasteiger charge is 2.33. The lowest BCUT2D eigenvalue weighted by Gasteiger charge is -2.26. The van der Waals surface area contributed by atoms with Crippen LogP contribution < -0.4 is 4.90 Å². The smallest absolute Gasteiger partial charge is 0.305 e. The van der Waals surface area contributed by atoms with Gasteiger partial charge in [0.15, 0.2) is 0 Å². The van der Waals surface area contributed by atoms with Crippen LogP contribution in [0.25, 0.3) is 0 Å². The quantitative estimate of drug-likeness (QED) is 0.600. The highest BCUT2D eigenvalue weighted by molar-refractivity contribution is 5.37. The van der Waals surface area contributed by atoms with Crippen LogP contribution in [-0.4, -0.2) is 64.2 Å². The molecule has 1 saturated heterocycles. The maximum absolute atomic E-state index is 10.6. The molecule has 19 heavy (non-hydrogen) atoms. The van der Waals surface area contributed by atoms with E-state index in [0.29, 0.717) is 18.9 Å². The number of hydrogen-bond donors (Lipinski definition) is 1. The lowest BCUT2D eigenvalue weighted by atomic mass is 10.2. The fraction of sp³-hybridized carbons (Fsp3) is 0.636. The van der Waals surface area contributed by atoms with Crippen molar-refractivity contribution in [3.05, 3.63) is 22.5 Å². The molecule has 2 atom stereocenters. The maximum atomic E-state index is 10.6. The van der Waals surface area contributed by atoms with Gasteiger partial charge in [-0.05, 0) is 20.5 Å². The first kappa shape index (κ1) is 13.6. The number of aliphatic hydroxyl groups excluding tert-OH is 1. The summed E-state index contributed by atoms with van der Waals surface area (Å²) in [6.07, 6.45) is 2.63. The van der Waals surface area contributed by atoms with Gasteiger partial charge in [-0.2, -0.15) is 0 Å². The van der Waals surface area contributed by atoms with E-state index in [1.54, 1.807) is 0 Å². The predicted octanol–water partition coefficient (Wildman–Crippen LogP) is -0.114. The van der Waals surface area contributed by atoms with Crippen molar-refractivity contribution < 1.29 is 10.0 Å². The summed E-state index contributed by atoms with van der Waals surface area (Å²) in [5.74, 6) is 0.425. The number of anilines is 1. The number of aromatic nitrogens is 2. The average Bonchev–Trinajstić information content (AvgIpc) is 2.69. The second-order valence-corrected chi connectivity index (χ2v) is 4.96. The van der Waals surface area contributed by atoms with E-state index < -0.39 is 11.0 Å². The molecular weight excluding hydrogens is 250 g/mol. The Morgan fingerprint density at radius 2 is 2.16 bits per heavy atom. The highest BCUT2D eigenvalue weighted by Crippen LogP contribution is 2.23. The SMILES string of the molecule is CN(C)CC1CC(O)CN1c1ncc([N+](=O)[O-])cn1. The van der Waals surface area contributed by atoms with Crippen LogP contribution in [0.1, 0.15) is 6.42 Å². The summed E-state index contributed by atoms with van der Waals surface area (Å²) in [7, 11) is 3.92. The summed E-state index contributed by atoms with van der Waals surface area (Å²) in [6.45, 7) is 1.23. The van der Waals surface area contributed by atoms with E-state index in [0.717, 1.165) is 6.54 Å². The Hall–Kier alpha value is -1.80. The van der Waals surface area contributed by atoms with Gasteiger partial charge in [0.05, 0.1) is 11.0 Å². The van der Waals surface area contributed by atoms with Gasteiger partial charge in [0.2, 0.25) is 5.95 Å². The summed E-state index contributed by atoms with van der Waals surface area (Å²) in [4.78, 5) is 22.0. The monoisotopic (exact) mass is 267 g/mol. The molecule has 1 aromatic rings. The Morgan fingerprint density at radius 3 is 2.68 bits per heavy atom. The highest BCUT2D eigenvalue weighted by atomic mass is 16.6. The predicted molar refractivity (Wildman–Crippen MR) is 69.0 cm³/mol. The minimum atomic E-state index is -0.528. The first-order valence-corrected chi connectivity index (χ1v) is 6.03. The van der Waals surface area contributed by atoms with Crippen LogP contribution in [0, 0.1) is 10.1 Å². The van der Waals surface area contributed by atoms with E-state index in [-0.39, 0.29) is 11.7 Å². The molecule has 1 fully saturated rings. The van der Waals surface area contributed by atoms with E-state index in [1.165, 1.54) is 12.4 Å². The lowest BCUT2D eigenvalue weighted by molar-refractivity contribution is -0.385. The van der Waals surface area contributed by atoms with Crippen LogP contribution in [0.2, 0.25) is 0 Å². The van der Waals surface area contributed by atoms with Crippen molar-refractivity contribution in [2.75, 3.05) is 32.1 Å². The summed E-state index contributed by atoms with van der Waals surface area (Å²) in [5, 5.41) is 20.3. The van der Waals surface area contributed by atoms with Crippen molar-refractivity contribution in [3.63, 3.8) is 0 Å². The summed E-state index contributed by atoms with van der Waals surface area (Å²) in [5.41, 5.74) is -0.132. The molecule has 8 heteroatoms. The topological polar surface area (TPSA) is 95.6 Å². The molecular formula is C11H17N5O3. The van der Waals surface area contributed by atoms with Crippen LogP contribution >= 0.6 is 0 Å². The van der Waals surface area contributed by atoms with Crippen molar-refractivity contribution in [1.29, 1.82) is 0 Å². The number of rotatable bonds is 4. The number of aliphatic hydroxyl groups is 1. The van der Waals surface area contributed by atoms with Gasteiger partial charge >= 0.3 is 5.69 Å². The van der Waals surface area contributed by atoms with Gasteiger partial charge < -0.3 is 14.9 Å². The molecule has 104 valence electrons. The second-order valence-electron chi connectivity index (χ2n) is 4.96. The molecule has 1 aromatic heterocycles. The zero-order chi connectivity index (χ0) is 14.0. The number of β-amino-alcohol motifs (C(OH)–C–C–N with tert-alkyl or cyclic N) is 1. The summed E-state index contributed by atoms with van der Waals surface area (Å²) in [6, 6.07) is 0.117. The number of hydrogen-bond acceptors (Lipinski definition) is 7. The number of likely N-dealkylation sites (N-methyl/N-ethyl adjacent to an activating group) is 1. The minimum absolute atomic E-state index is 0.117. The van der Waals surface area contributed by atoms with Crippen molar-refractivity contribution in [2.45, 2.75) is 18.6 Å². The Labute approximate surface area is 110 Å². The first-order valence-electron chi connectivity index (χ1n) is 6.03. The zero-order valence-electron chi connectivity index (χ0n) is 10.9. The summed E-state index contributed by atoms with van der Waals surface area (Å²) < 4.78 is 0. The molecule has 0 amide bonds. The van der Waals surface area contributed by atoms with Crippen LogP contribution in [0.5, 0.6) is 0 Å². The van der Waals surface area contributed by atoms with Gasteiger partial charge in [-0.3, -0.25) is 10.1 Å². The summed E-state index contributed by atoms with van der Waals surface area (Å²) >= 11 is 0. The Balaban J connectivity index is 2.16. The largest absolute Gasteiger partial charge is 0.391 e. The normalized spacial score (nSPS) is 23.1. The van der Waals surface area contributed by atoms with E-state index in [2.05, 4.69) is 9.97 Å². The minimum Gasteiger partial charge on any atom is -0.391 e. The fourth-order valence-electron chi connectivity index (χ4n) is 2.29. The van der Waals surface area contributed by atoms with Gasteiger partial charge in [-0.25, -0.2) is 9.97 Å². The van der Waals surface area contributed by atoms with Crippen molar-refractivity contribution >= 4 is 11.6 Å². The standard InChI is InChI=1S/C11H17N5O3/c1-14(2)6-8-3-10(17)7-15(8)11-12-4-9(5-13-11)16(18)19/h4-5,8,10,17H,3,6-7H2,1-2H3. The van der Waals surface area contributed by atoms with Gasteiger partial charge in [0.25, 0.3) is 0 Å². The molecule has 0 spiro atoms. The first-order chi connectivity index (χ1) is 8.97. The third kappa shape index (κ3) is 3.15. The van der Waals surface area contributed by atoms with Crippen LogP contribution in [0.15, 0.2) is 12.4 Å². The lowest BCUT2D eigenvalue weighted by Crippen LogP contribution is -2.38. The van der Waals surface area contributed by atoms with Gasteiger partial charge in [-0.1, -0.05) is 0 Å². The fourth-order valence-corrected chi connectivity index (χ4v) is 2.29. The maximum Gasteiger partial charge on any atom is 0.305 e. The molecule has 8 nitrogen and oxygen atoms in total. The molecule has 0 aromatic carbocycles. The van der Waals surface area contributed by atoms with Gasteiger partial charge in [0.1, 0.15) is 12.4 Å². The van der Waals surface area contributed by atoms with E-state index in [4.69, 9.17) is 0 Å². The van der Waals surface area contributed by atoms with E-state index in [1.807, 2.05) is 23.9 Å². The second kappa shape index (κ2) is 5.45. The van der Waals surface area contributed by atoms with Crippen molar-refractivity contribution in [2.24, 2.45) is 0 Å². The third-order valence-corrected chi connectivity index (χ3v) is 3.06. The van der Waals surface area contributed by atoms with Gasteiger partial charge in [0, 0.05) is 19.1 Å². The van der Waals surface area contributed by atoms with E-state index >= 15 is 0 Å². The van der Waals surface area contributed by atoms with Crippen LogP contribution in [0.4, 0.5) is 11.6 Å². The molecule has 0 saturated carbocycles. The van der Waals surface area contributed by atoms with Crippen LogP contribution in [0.3, 0.4) is 0 Å². The van der Waals surface area contributed by atoms with E-state index in [9.17, 15) is 15.2 Å². The number of nitrogens with zero attached hydrogens (tertiary/aromatic N) is 5.